The number of phenols is 1. The molecular weight excluding hydrogens is 510 g/mol. The zero-order valence-corrected chi connectivity index (χ0v) is 21.5. The molecule has 0 heterocycles. The van der Waals surface area contributed by atoms with Crippen LogP contribution >= 0.6 is 0 Å². The van der Waals surface area contributed by atoms with Gasteiger partial charge in [-0.15, -0.1) is 0 Å². The Kier molecular flexibility index (Phi) is 11.4. The highest BCUT2D eigenvalue weighted by Gasteiger charge is 2.30. The molecule has 0 radical (unpaired) electrons. The van der Waals surface area contributed by atoms with Crippen LogP contribution in [0.1, 0.15) is 18.1 Å². The molecule has 8 N–H and O–H groups in total. The SMILES string of the molecule is C[C@@H](NC(=O)[C@H](N)Cc1ccc(O)cc1)C(=O)NCC(=O)N(C)[C@@H](Cc1ccccc1)C(=O)NC(O)C(=O)O. The number of likely N-dealkylation sites (N-methyl/N-ethyl adjacent to an activating group) is 1. The van der Waals surface area contributed by atoms with Crippen LogP contribution in [0.2, 0.25) is 0 Å². The van der Waals surface area contributed by atoms with E-state index < -0.39 is 60.5 Å². The third kappa shape index (κ3) is 9.72. The molecule has 4 atom stereocenters. The lowest BCUT2D eigenvalue weighted by Crippen LogP contribution is -2.55. The number of rotatable bonds is 13. The maximum atomic E-state index is 12.8. The van der Waals surface area contributed by atoms with Crippen LogP contribution in [0.4, 0.5) is 0 Å². The van der Waals surface area contributed by atoms with Crippen molar-refractivity contribution in [1.29, 1.82) is 0 Å². The quantitative estimate of drug-likeness (QED) is 0.146. The van der Waals surface area contributed by atoms with Crippen molar-refractivity contribution >= 4 is 29.6 Å². The van der Waals surface area contributed by atoms with E-state index in [1.807, 2.05) is 5.32 Å². The van der Waals surface area contributed by atoms with Gasteiger partial charge in [-0.1, -0.05) is 42.5 Å². The van der Waals surface area contributed by atoms with E-state index in [2.05, 4.69) is 10.6 Å². The summed E-state index contributed by atoms with van der Waals surface area (Å²) >= 11 is 0. The Morgan fingerprint density at radius 3 is 2.05 bits per heavy atom. The standard InChI is InChI=1S/C26H33N5O8/c1-15(29-23(35)19(27)12-17-8-10-18(32)11-9-17)22(34)28-14-21(33)31(2)20(13-16-6-4-3-5-7-16)24(36)30-25(37)26(38)39/h3-11,15,19-20,25,32,37H,12-14,27H2,1-2H3,(H,28,34)(H,29,35)(H,30,36)(H,38,39)/t15-,19-,20+,25?/m1/s1. The fraction of sp³-hybridized carbons (Fsp3) is 0.346. The van der Waals surface area contributed by atoms with Gasteiger partial charge in [-0.3, -0.25) is 19.2 Å². The number of carboxylic acid groups (broad SMARTS) is 1. The molecule has 39 heavy (non-hydrogen) atoms. The predicted molar refractivity (Wildman–Crippen MR) is 139 cm³/mol. The van der Waals surface area contributed by atoms with Gasteiger partial charge in [0, 0.05) is 13.5 Å². The summed E-state index contributed by atoms with van der Waals surface area (Å²) in [5, 5.41) is 34.6. The molecule has 4 amide bonds. The van der Waals surface area contributed by atoms with Gasteiger partial charge >= 0.3 is 5.97 Å². The third-order valence-electron chi connectivity index (χ3n) is 5.84. The number of aliphatic hydroxyl groups is 1. The van der Waals surface area contributed by atoms with Crippen molar-refractivity contribution in [3.8, 4) is 5.75 Å². The summed E-state index contributed by atoms with van der Waals surface area (Å²) in [5.74, 6) is -4.43. The van der Waals surface area contributed by atoms with E-state index in [4.69, 9.17) is 10.8 Å². The van der Waals surface area contributed by atoms with Crippen LogP contribution in [0, 0.1) is 0 Å². The Morgan fingerprint density at radius 2 is 1.46 bits per heavy atom. The molecule has 0 aliphatic rings. The molecule has 0 spiro atoms. The number of carbonyl (C=O) groups is 5. The molecule has 0 aliphatic heterocycles. The minimum atomic E-state index is -2.16. The first-order valence-corrected chi connectivity index (χ1v) is 12.0. The number of hydrogen-bond donors (Lipinski definition) is 7. The summed E-state index contributed by atoms with van der Waals surface area (Å²) < 4.78 is 0. The number of aliphatic hydroxyl groups excluding tert-OH is 1. The molecule has 0 saturated carbocycles. The monoisotopic (exact) mass is 543 g/mol. The maximum Gasteiger partial charge on any atom is 0.353 e. The first-order valence-electron chi connectivity index (χ1n) is 12.0. The summed E-state index contributed by atoms with van der Waals surface area (Å²) in [4.78, 5) is 62.4. The molecular formula is C26H33N5O8. The van der Waals surface area contributed by atoms with E-state index in [1.165, 1.54) is 26.1 Å². The van der Waals surface area contributed by atoms with Crippen LogP contribution in [0.25, 0.3) is 0 Å². The number of amides is 4. The number of aromatic hydroxyl groups is 1. The number of hydrogen-bond acceptors (Lipinski definition) is 8. The zero-order chi connectivity index (χ0) is 29.1. The second-order valence-electron chi connectivity index (χ2n) is 8.88. The van der Waals surface area contributed by atoms with Crippen molar-refractivity contribution in [1.82, 2.24) is 20.9 Å². The van der Waals surface area contributed by atoms with Crippen molar-refractivity contribution in [2.45, 2.75) is 44.1 Å². The van der Waals surface area contributed by atoms with Gasteiger partial charge in [0.05, 0.1) is 12.6 Å². The van der Waals surface area contributed by atoms with Gasteiger partial charge in [-0.2, -0.15) is 0 Å². The number of carbonyl (C=O) groups excluding carboxylic acids is 4. The number of carboxylic acids is 1. The predicted octanol–water partition coefficient (Wildman–Crippen LogP) is -1.53. The van der Waals surface area contributed by atoms with Gasteiger partial charge in [-0.25, -0.2) is 4.79 Å². The third-order valence-corrected chi connectivity index (χ3v) is 5.84. The van der Waals surface area contributed by atoms with Gasteiger partial charge < -0.3 is 41.9 Å². The summed E-state index contributed by atoms with van der Waals surface area (Å²) in [6.45, 7) is 0.892. The first kappa shape index (κ1) is 30.7. The molecule has 2 aromatic rings. The van der Waals surface area contributed by atoms with Gasteiger partial charge in [-0.05, 0) is 36.6 Å². The summed E-state index contributed by atoms with van der Waals surface area (Å²) in [7, 11) is 1.31. The minimum absolute atomic E-state index is 0.0145. The van der Waals surface area contributed by atoms with E-state index in [0.29, 0.717) is 11.1 Å². The fourth-order valence-corrected chi connectivity index (χ4v) is 3.51. The van der Waals surface area contributed by atoms with E-state index in [9.17, 15) is 34.2 Å². The van der Waals surface area contributed by atoms with Crippen LogP contribution in [0.5, 0.6) is 5.75 Å². The Hall–Kier alpha value is -4.49. The van der Waals surface area contributed by atoms with E-state index in [0.717, 1.165) is 4.90 Å². The highest BCUT2D eigenvalue weighted by atomic mass is 16.4. The summed E-state index contributed by atoms with van der Waals surface area (Å²) in [5.41, 5.74) is 7.30. The number of aliphatic carboxylic acids is 1. The van der Waals surface area contributed by atoms with Gasteiger partial charge in [0.2, 0.25) is 29.9 Å². The normalized spacial score (nSPS) is 13.7. The minimum Gasteiger partial charge on any atom is -0.508 e. The van der Waals surface area contributed by atoms with E-state index in [1.54, 1.807) is 42.5 Å². The van der Waals surface area contributed by atoms with Gasteiger partial charge in [0.1, 0.15) is 17.8 Å². The van der Waals surface area contributed by atoms with E-state index >= 15 is 0 Å². The highest BCUT2D eigenvalue weighted by molar-refractivity contribution is 5.93. The summed E-state index contributed by atoms with van der Waals surface area (Å²) in [6, 6.07) is 11.6. The topological polar surface area (TPSA) is 211 Å². The van der Waals surface area contributed by atoms with Crippen molar-refractivity contribution < 1.29 is 39.3 Å². The van der Waals surface area contributed by atoms with Gasteiger partial charge in [0.25, 0.3) is 0 Å². The van der Waals surface area contributed by atoms with Gasteiger partial charge in [0.15, 0.2) is 0 Å². The Balaban J connectivity index is 1.95. The maximum absolute atomic E-state index is 12.8. The number of nitrogens with two attached hydrogens (primary N) is 1. The Morgan fingerprint density at radius 1 is 0.872 bits per heavy atom. The lowest BCUT2D eigenvalue weighted by atomic mass is 10.0. The average molecular weight is 544 g/mol. The molecule has 0 fully saturated rings. The lowest BCUT2D eigenvalue weighted by molar-refractivity contribution is -0.152. The molecule has 2 aromatic carbocycles. The van der Waals surface area contributed by atoms with Crippen molar-refractivity contribution in [3.63, 3.8) is 0 Å². The second-order valence-corrected chi connectivity index (χ2v) is 8.88. The molecule has 13 nitrogen and oxygen atoms in total. The molecule has 0 saturated heterocycles. The zero-order valence-electron chi connectivity index (χ0n) is 21.5. The number of phenolic OH excluding ortho intramolecular Hbond substituents is 1. The van der Waals surface area contributed by atoms with Crippen LogP contribution in [0.3, 0.4) is 0 Å². The number of nitrogens with one attached hydrogen (secondary N) is 3. The van der Waals surface area contributed by atoms with Crippen LogP contribution in [-0.2, 0) is 36.8 Å². The summed E-state index contributed by atoms with van der Waals surface area (Å²) in [6.07, 6.45) is -1.98. The van der Waals surface area contributed by atoms with Crippen LogP contribution in [0.15, 0.2) is 54.6 Å². The Bertz CT molecular complexity index is 1160. The van der Waals surface area contributed by atoms with Crippen molar-refractivity contribution in [2.24, 2.45) is 5.73 Å². The molecule has 0 aliphatic carbocycles. The largest absolute Gasteiger partial charge is 0.508 e. The second kappa shape index (κ2) is 14.4. The Labute approximate surface area is 225 Å². The van der Waals surface area contributed by atoms with Crippen molar-refractivity contribution in [2.75, 3.05) is 13.6 Å². The molecule has 1 unspecified atom stereocenters. The van der Waals surface area contributed by atoms with Crippen LogP contribution in [-0.4, -0.2) is 87.8 Å². The lowest BCUT2D eigenvalue weighted by Gasteiger charge is -2.28. The van der Waals surface area contributed by atoms with Crippen LogP contribution < -0.4 is 21.7 Å². The smallest absolute Gasteiger partial charge is 0.353 e. The van der Waals surface area contributed by atoms with Crippen molar-refractivity contribution in [3.05, 3.63) is 65.7 Å². The highest BCUT2D eigenvalue weighted by Crippen LogP contribution is 2.11. The van der Waals surface area contributed by atoms with E-state index in [-0.39, 0.29) is 18.6 Å². The number of nitrogens with zero attached hydrogens (tertiary/aromatic N) is 1. The average Bonchev–Trinajstić information content (AvgIpc) is 2.91. The molecule has 2 rings (SSSR count). The molecule has 13 heteroatoms. The number of benzene rings is 2. The molecule has 210 valence electrons. The molecule has 0 bridgehead atoms. The molecule has 0 aromatic heterocycles. The fourth-order valence-electron chi connectivity index (χ4n) is 3.51. The first-order chi connectivity index (χ1) is 18.4.